The van der Waals surface area contributed by atoms with E-state index in [9.17, 15) is 14.4 Å². The van der Waals surface area contributed by atoms with Crippen LogP contribution in [0.4, 0.5) is 5.69 Å². The van der Waals surface area contributed by atoms with Gasteiger partial charge in [0.1, 0.15) is 0 Å². The summed E-state index contributed by atoms with van der Waals surface area (Å²) in [6, 6.07) is 9.67. The van der Waals surface area contributed by atoms with Crippen LogP contribution in [-0.4, -0.2) is 40.9 Å². The molecule has 1 aliphatic heterocycles. The summed E-state index contributed by atoms with van der Waals surface area (Å²) in [5.41, 5.74) is 2.25. The fourth-order valence-corrected chi connectivity index (χ4v) is 5.77. The number of hydrogen-bond donors (Lipinski definition) is 2. The summed E-state index contributed by atoms with van der Waals surface area (Å²) >= 11 is 0. The molecule has 0 fully saturated rings. The molecule has 2 N–H and O–H groups in total. The second-order valence-electron chi connectivity index (χ2n) is 11.4. The van der Waals surface area contributed by atoms with E-state index < -0.39 is 5.97 Å². The monoisotopic (exact) mass is 550 g/mol. The Bertz CT molecular complexity index is 1070. The van der Waals surface area contributed by atoms with Gasteiger partial charge in [0.25, 0.3) is 11.8 Å². The SMILES string of the molecule is CCCCCCCCCCCNc1ccc2c3c(cccc13)C(=O)N(CCCCCCCCCCC(=O)O)C2=O. The summed E-state index contributed by atoms with van der Waals surface area (Å²) in [7, 11) is 0. The van der Waals surface area contributed by atoms with Crippen LogP contribution in [0.15, 0.2) is 30.3 Å². The van der Waals surface area contributed by atoms with Crippen molar-refractivity contribution in [3.8, 4) is 0 Å². The van der Waals surface area contributed by atoms with Crippen LogP contribution in [0.2, 0.25) is 0 Å². The molecular formula is C34H50N2O4. The van der Waals surface area contributed by atoms with Gasteiger partial charge >= 0.3 is 5.97 Å². The highest BCUT2D eigenvalue weighted by molar-refractivity contribution is 6.26. The number of nitrogens with one attached hydrogen (secondary N) is 1. The van der Waals surface area contributed by atoms with Gasteiger partial charge in [0, 0.05) is 47.1 Å². The zero-order chi connectivity index (χ0) is 28.6. The molecule has 0 spiro atoms. The number of aliphatic carboxylic acids is 1. The molecule has 2 amide bonds. The zero-order valence-corrected chi connectivity index (χ0v) is 24.6. The first kappa shape index (κ1) is 31.6. The average molecular weight is 551 g/mol. The molecule has 0 aromatic heterocycles. The third-order valence-corrected chi connectivity index (χ3v) is 8.11. The van der Waals surface area contributed by atoms with Gasteiger partial charge in [0.15, 0.2) is 0 Å². The fourth-order valence-electron chi connectivity index (χ4n) is 5.77. The van der Waals surface area contributed by atoms with Crippen molar-refractivity contribution in [1.29, 1.82) is 0 Å². The predicted octanol–water partition coefficient (Wildman–Crippen LogP) is 8.97. The maximum Gasteiger partial charge on any atom is 0.303 e. The molecule has 0 radical (unpaired) electrons. The first-order valence-corrected chi connectivity index (χ1v) is 15.9. The van der Waals surface area contributed by atoms with Crippen molar-refractivity contribution in [1.82, 2.24) is 4.90 Å². The summed E-state index contributed by atoms with van der Waals surface area (Å²) in [4.78, 5) is 38.6. The number of nitrogens with zero attached hydrogens (tertiary/aromatic N) is 1. The Morgan fingerprint density at radius 3 is 1.88 bits per heavy atom. The molecule has 2 aromatic carbocycles. The molecule has 220 valence electrons. The van der Waals surface area contributed by atoms with Gasteiger partial charge in [-0.3, -0.25) is 19.3 Å². The molecular weight excluding hydrogens is 500 g/mol. The Morgan fingerprint density at radius 2 is 1.25 bits per heavy atom. The average Bonchev–Trinajstić information content (AvgIpc) is 2.95. The van der Waals surface area contributed by atoms with Crippen molar-refractivity contribution in [2.24, 2.45) is 0 Å². The Balaban J connectivity index is 1.43. The standard InChI is InChI=1S/C34H50N2O4/c1-2-3-4-5-6-8-11-14-17-25-35-30-24-23-29-32-27(30)20-19-21-28(32)33(39)36(34(29)40)26-18-15-12-9-7-10-13-16-22-31(37)38/h19-21,23-24,35H,2-18,22,25-26H2,1H3,(H,37,38). The van der Waals surface area contributed by atoms with E-state index in [1.807, 2.05) is 30.3 Å². The molecule has 6 heteroatoms. The van der Waals surface area contributed by atoms with Gasteiger partial charge < -0.3 is 10.4 Å². The number of rotatable bonds is 22. The van der Waals surface area contributed by atoms with Crippen molar-refractivity contribution in [3.63, 3.8) is 0 Å². The fraction of sp³-hybridized carbons (Fsp3) is 0.618. The van der Waals surface area contributed by atoms with Gasteiger partial charge in [0.05, 0.1) is 0 Å². The van der Waals surface area contributed by atoms with Crippen molar-refractivity contribution in [2.45, 2.75) is 122 Å². The van der Waals surface area contributed by atoms with Crippen LogP contribution in [-0.2, 0) is 4.79 Å². The molecule has 0 atom stereocenters. The van der Waals surface area contributed by atoms with E-state index in [-0.39, 0.29) is 18.2 Å². The number of anilines is 1. The van der Waals surface area contributed by atoms with Crippen LogP contribution in [0, 0.1) is 0 Å². The number of imide groups is 1. The van der Waals surface area contributed by atoms with Crippen LogP contribution in [0.5, 0.6) is 0 Å². The van der Waals surface area contributed by atoms with Gasteiger partial charge in [-0.1, -0.05) is 109 Å². The van der Waals surface area contributed by atoms with Crippen LogP contribution in [0.25, 0.3) is 10.8 Å². The predicted molar refractivity (Wildman–Crippen MR) is 164 cm³/mol. The van der Waals surface area contributed by atoms with Gasteiger partial charge in [-0.05, 0) is 37.5 Å². The van der Waals surface area contributed by atoms with Gasteiger partial charge in [-0.2, -0.15) is 0 Å². The Hall–Kier alpha value is -2.89. The van der Waals surface area contributed by atoms with Crippen molar-refractivity contribution in [2.75, 3.05) is 18.4 Å². The summed E-state index contributed by atoms with van der Waals surface area (Å²) in [6.07, 6.45) is 19.8. The lowest BCUT2D eigenvalue weighted by molar-refractivity contribution is -0.137. The molecule has 0 aliphatic carbocycles. The highest BCUT2D eigenvalue weighted by atomic mass is 16.4. The van der Waals surface area contributed by atoms with Crippen molar-refractivity contribution < 1.29 is 19.5 Å². The maximum absolute atomic E-state index is 13.3. The molecule has 0 saturated heterocycles. The largest absolute Gasteiger partial charge is 0.481 e. The number of amides is 2. The second kappa shape index (κ2) is 17.7. The number of hydrogen-bond acceptors (Lipinski definition) is 4. The molecule has 1 aliphatic rings. The Morgan fingerprint density at radius 1 is 0.700 bits per heavy atom. The minimum absolute atomic E-state index is 0.183. The summed E-state index contributed by atoms with van der Waals surface area (Å²) < 4.78 is 0. The van der Waals surface area contributed by atoms with Crippen molar-refractivity contribution in [3.05, 3.63) is 41.5 Å². The lowest BCUT2D eigenvalue weighted by atomic mass is 9.92. The van der Waals surface area contributed by atoms with E-state index in [0.717, 1.165) is 80.8 Å². The van der Waals surface area contributed by atoms with Gasteiger partial charge in [0.2, 0.25) is 0 Å². The molecule has 0 bridgehead atoms. The molecule has 2 aromatic rings. The number of carbonyl (C=O) groups excluding carboxylic acids is 2. The summed E-state index contributed by atoms with van der Waals surface area (Å²) in [5.74, 6) is -1.09. The molecule has 1 heterocycles. The minimum atomic E-state index is -0.720. The van der Waals surface area contributed by atoms with Crippen molar-refractivity contribution >= 4 is 34.2 Å². The Labute approximate surface area is 240 Å². The lowest BCUT2D eigenvalue weighted by Crippen LogP contribution is -2.40. The van der Waals surface area contributed by atoms with Crippen LogP contribution >= 0.6 is 0 Å². The summed E-state index contributed by atoms with van der Waals surface area (Å²) in [6.45, 7) is 3.60. The number of benzene rings is 2. The highest BCUT2D eigenvalue weighted by Gasteiger charge is 2.32. The molecule has 0 saturated carbocycles. The van der Waals surface area contributed by atoms with Gasteiger partial charge in [-0.25, -0.2) is 0 Å². The molecule has 40 heavy (non-hydrogen) atoms. The first-order valence-electron chi connectivity index (χ1n) is 15.9. The number of carboxylic acids is 1. The minimum Gasteiger partial charge on any atom is -0.481 e. The lowest BCUT2D eigenvalue weighted by Gasteiger charge is -2.28. The third kappa shape index (κ3) is 9.64. The topological polar surface area (TPSA) is 86.7 Å². The van der Waals surface area contributed by atoms with E-state index in [0.29, 0.717) is 17.7 Å². The first-order chi connectivity index (χ1) is 19.5. The van der Waals surface area contributed by atoms with Crippen LogP contribution in [0.3, 0.4) is 0 Å². The molecule has 3 rings (SSSR count). The highest BCUT2D eigenvalue weighted by Crippen LogP contribution is 2.34. The van der Waals surface area contributed by atoms with Crippen LogP contribution in [0.1, 0.15) is 143 Å². The molecule has 6 nitrogen and oxygen atoms in total. The Kier molecular flexibility index (Phi) is 14.0. The third-order valence-electron chi connectivity index (χ3n) is 8.11. The quantitative estimate of drug-likeness (QED) is 0.113. The smallest absolute Gasteiger partial charge is 0.303 e. The second-order valence-corrected chi connectivity index (χ2v) is 11.4. The molecule has 0 unspecified atom stereocenters. The zero-order valence-electron chi connectivity index (χ0n) is 24.6. The van der Waals surface area contributed by atoms with E-state index in [1.165, 1.54) is 56.3 Å². The van der Waals surface area contributed by atoms with Crippen LogP contribution < -0.4 is 5.32 Å². The summed E-state index contributed by atoms with van der Waals surface area (Å²) in [5, 5.41) is 14.0. The van der Waals surface area contributed by atoms with E-state index in [2.05, 4.69) is 12.2 Å². The van der Waals surface area contributed by atoms with E-state index >= 15 is 0 Å². The number of unbranched alkanes of at least 4 members (excludes halogenated alkanes) is 15. The maximum atomic E-state index is 13.3. The van der Waals surface area contributed by atoms with Gasteiger partial charge in [-0.15, -0.1) is 0 Å². The number of carboxylic acid groups (broad SMARTS) is 1. The number of carbonyl (C=O) groups is 3. The van der Waals surface area contributed by atoms with E-state index in [4.69, 9.17) is 5.11 Å². The van der Waals surface area contributed by atoms with E-state index in [1.54, 1.807) is 0 Å². The normalized spacial score (nSPS) is 12.9.